The largest absolute Gasteiger partial charge is 0.294 e. The maximum atomic E-state index is 12.7. The number of nitrogens with zero attached hydrogens (tertiary/aromatic N) is 2. The van der Waals surface area contributed by atoms with E-state index in [-0.39, 0.29) is 9.10 Å². The number of aryl methyl sites for hydroxylation is 1. The van der Waals surface area contributed by atoms with Crippen molar-refractivity contribution in [2.24, 2.45) is 0 Å². The molecule has 3 N–H and O–H groups in total. The molecule has 1 aromatic carbocycles. The number of nitrogens with one attached hydrogen (secondary N) is 1. The number of hydrogen-bond donors (Lipinski definition) is 3. The molecule has 0 saturated heterocycles. The minimum atomic E-state index is -4.02. The van der Waals surface area contributed by atoms with E-state index in [2.05, 4.69) is 4.98 Å². The highest BCUT2D eigenvalue weighted by molar-refractivity contribution is 7.92. The molecule has 188 valence electrons. The van der Waals surface area contributed by atoms with Crippen LogP contribution in [0.3, 0.4) is 0 Å². The standard InChI is InChI=1S/C16H13N3O4S2.C7H8O3S/c20-15(18-21)6-4-12-8-10-19(11-12)25(22,23)16-7-5-14(24-16)13-3-1-2-9-17-13;1-6-2-4-7(5-3-6)11(8,9)10/h1-11,21H,(H,18,20);2-5H,1H3,(H,8,9,10)/b6-4+;. The number of carbonyl (C=O) groups is 1. The molecule has 0 fully saturated rings. The van der Waals surface area contributed by atoms with Crippen LogP contribution in [0.1, 0.15) is 11.1 Å². The molecule has 4 aromatic rings. The summed E-state index contributed by atoms with van der Waals surface area (Å²) in [5.74, 6) is -0.700. The van der Waals surface area contributed by atoms with E-state index in [4.69, 9.17) is 9.76 Å². The maximum absolute atomic E-state index is 12.7. The highest BCUT2D eigenvalue weighted by Gasteiger charge is 2.19. The molecule has 10 nitrogen and oxygen atoms in total. The van der Waals surface area contributed by atoms with Gasteiger partial charge in [-0.3, -0.25) is 19.5 Å². The van der Waals surface area contributed by atoms with Gasteiger partial charge in [0.05, 0.1) is 15.5 Å². The SMILES string of the molecule is Cc1ccc(S(=O)(=O)O)cc1.O=C(/C=C/c1ccn(S(=O)(=O)c2ccc(-c3ccccn3)s2)c1)NO. The van der Waals surface area contributed by atoms with Crippen molar-refractivity contribution in [1.82, 2.24) is 14.4 Å². The van der Waals surface area contributed by atoms with Crippen molar-refractivity contribution in [2.45, 2.75) is 16.0 Å². The molecule has 0 bridgehead atoms. The Bertz CT molecular complexity index is 1570. The quantitative estimate of drug-likeness (QED) is 0.143. The number of thiophene rings is 1. The first-order valence-electron chi connectivity index (χ1n) is 10.1. The van der Waals surface area contributed by atoms with Crippen LogP contribution in [-0.4, -0.2) is 41.5 Å². The summed E-state index contributed by atoms with van der Waals surface area (Å²) in [6, 6.07) is 16.2. The van der Waals surface area contributed by atoms with Gasteiger partial charge in [-0.2, -0.15) is 16.8 Å². The van der Waals surface area contributed by atoms with E-state index in [1.165, 1.54) is 36.1 Å². The summed E-state index contributed by atoms with van der Waals surface area (Å²) in [5, 5.41) is 8.44. The van der Waals surface area contributed by atoms with Crippen LogP contribution < -0.4 is 5.48 Å². The molecule has 1 amide bonds. The smallest absolute Gasteiger partial charge is 0.288 e. The lowest BCUT2D eigenvalue weighted by atomic mass is 10.2. The predicted octanol–water partition coefficient (Wildman–Crippen LogP) is 3.61. The zero-order chi connectivity index (χ0) is 26.3. The van der Waals surface area contributed by atoms with Crippen LogP contribution in [0.5, 0.6) is 0 Å². The summed E-state index contributed by atoms with van der Waals surface area (Å²) in [6.45, 7) is 1.84. The Morgan fingerprint density at radius 2 is 1.75 bits per heavy atom. The average Bonchev–Trinajstić information content (AvgIpc) is 3.54. The van der Waals surface area contributed by atoms with Crippen molar-refractivity contribution in [3.63, 3.8) is 0 Å². The molecule has 0 saturated carbocycles. The Labute approximate surface area is 212 Å². The highest BCUT2D eigenvalue weighted by atomic mass is 32.2. The van der Waals surface area contributed by atoms with Gasteiger partial charge >= 0.3 is 0 Å². The molecular formula is C23H21N3O7S3. The molecule has 3 heterocycles. The van der Waals surface area contributed by atoms with E-state index in [1.807, 2.05) is 19.1 Å². The van der Waals surface area contributed by atoms with Gasteiger partial charge in [-0.1, -0.05) is 23.8 Å². The molecule has 0 radical (unpaired) electrons. The summed E-state index contributed by atoms with van der Waals surface area (Å²) >= 11 is 1.13. The Hall–Kier alpha value is -3.62. The molecule has 0 aliphatic heterocycles. The first kappa shape index (κ1) is 27.0. The van der Waals surface area contributed by atoms with Crippen LogP contribution >= 0.6 is 11.3 Å². The van der Waals surface area contributed by atoms with Crippen molar-refractivity contribution in [2.75, 3.05) is 0 Å². The third-order valence-electron chi connectivity index (χ3n) is 4.58. The first-order valence-corrected chi connectivity index (χ1v) is 13.8. The second kappa shape index (κ2) is 11.4. The fourth-order valence-corrected chi connectivity index (χ4v) is 5.84. The Morgan fingerprint density at radius 1 is 1.03 bits per heavy atom. The second-order valence-electron chi connectivity index (χ2n) is 7.21. The van der Waals surface area contributed by atoms with Gasteiger partial charge < -0.3 is 0 Å². The number of hydrogen-bond acceptors (Lipinski definition) is 8. The second-order valence-corrected chi connectivity index (χ2v) is 11.8. The fourth-order valence-electron chi connectivity index (χ4n) is 2.77. The van der Waals surface area contributed by atoms with E-state index < -0.39 is 26.0 Å². The van der Waals surface area contributed by atoms with E-state index in [0.29, 0.717) is 11.3 Å². The molecule has 13 heteroatoms. The van der Waals surface area contributed by atoms with Crippen molar-refractivity contribution in [1.29, 1.82) is 0 Å². The Kier molecular flexibility index (Phi) is 8.55. The average molecular weight is 548 g/mol. The van der Waals surface area contributed by atoms with Crippen LogP contribution in [0.15, 0.2) is 94.4 Å². The Morgan fingerprint density at radius 3 is 2.36 bits per heavy atom. The van der Waals surface area contributed by atoms with Crippen molar-refractivity contribution >= 4 is 43.5 Å². The molecule has 0 aliphatic rings. The van der Waals surface area contributed by atoms with E-state index in [1.54, 1.807) is 42.6 Å². The van der Waals surface area contributed by atoms with Crippen LogP contribution in [0.2, 0.25) is 0 Å². The van der Waals surface area contributed by atoms with Gasteiger partial charge in [-0.05, 0) is 61.0 Å². The minimum absolute atomic E-state index is 0.0666. The van der Waals surface area contributed by atoms with Crippen molar-refractivity contribution in [3.8, 4) is 10.6 Å². The summed E-state index contributed by atoms with van der Waals surface area (Å²) in [7, 11) is -7.75. The van der Waals surface area contributed by atoms with Crippen molar-refractivity contribution in [3.05, 3.63) is 96.5 Å². The molecule has 0 aliphatic carbocycles. The van der Waals surface area contributed by atoms with Gasteiger partial charge in [0.2, 0.25) is 0 Å². The van der Waals surface area contributed by atoms with E-state index in [9.17, 15) is 21.6 Å². The molecule has 0 spiro atoms. The number of benzene rings is 1. The van der Waals surface area contributed by atoms with E-state index in [0.717, 1.165) is 31.8 Å². The summed E-state index contributed by atoms with van der Waals surface area (Å²) in [4.78, 5) is 15.9. The number of rotatable bonds is 6. The summed E-state index contributed by atoms with van der Waals surface area (Å²) in [6.07, 6.45) is 6.92. The predicted molar refractivity (Wildman–Crippen MR) is 135 cm³/mol. The van der Waals surface area contributed by atoms with Crippen LogP contribution in [0, 0.1) is 6.92 Å². The van der Waals surface area contributed by atoms with Gasteiger partial charge in [0.15, 0.2) is 0 Å². The van der Waals surface area contributed by atoms with Crippen molar-refractivity contribution < 1.29 is 31.4 Å². The summed E-state index contributed by atoms with van der Waals surface area (Å²) in [5.41, 5.74) is 3.63. The normalized spacial score (nSPS) is 11.6. The molecule has 3 aromatic heterocycles. The first-order chi connectivity index (χ1) is 17.0. The topological polar surface area (TPSA) is 156 Å². The van der Waals surface area contributed by atoms with Gasteiger partial charge in [0, 0.05) is 24.7 Å². The lowest BCUT2D eigenvalue weighted by molar-refractivity contribution is -0.124. The minimum Gasteiger partial charge on any atom is -0.288 e. The number of pyridine rings is 1. The molecular weight excluding hydrogens is 526 g/mol. The molecule has 0 unspecified atom stereocenters. The molecule has 4 rings (SSSR count). The summed E-state index contributed by atoms with van der Waals surface area (Å²) < 4.78 is 56.2. The monoisotopic (exact) mass is 547 g/mol. The van der Waals surface area contributed by atoms with Crippen LogP contribution in [0.25, 0.3) is 16.6 Å². The lowest BCUT2D eigenvalue weighted by Gasteiger charge is -2.02. The molecule has 0 atom stereocenters. The Balaban J connectivity index is 0.000000275. The van der Waals surface area contributed by atoms with Gasteiger partial charge in [0.1, 0.15) is 4.21 Å². The van der Waals surface area contributed by atoms with Gasteiger partial charge in [-0.25, -0.2) is 9.45 Å². The van der Waals surface area contributed by atoms with Crippen LogP contribution in [0.4, 0.5) is 0 Å². The highest BCUT2D eigenvalue weighted by Crippen LogP contribution is 2.30. The van der Waals surface area contributed by atoms with Gasteiger partial charge in [-0.15, -0.1) is 11.3 Å². The third kappa shape index (κ3) is 6.96. The third-order valence-corrected chi connectivity index (χ3v) is 8.66. The fraction of sp³-hybridized carbons (Fsp3) is 0.0435. The van der Waals surface area contributed by atoms with E-state index >= 15 is 0 Å². The van der Waals surface area contributed by atoms with Gasteiger partial charge in [0.25, 0.3) is 26.0 Å². The maximum Gasteiger partial charge on any atom is 0.294 e. The lowest BCUT2D eigenvalue weighted by Crippen LogP contribution is -2.14. The number of carbonyl (C=O) groups excluding carboxylic acids is 1. The number of aromatic nitrogens is 2. The zero-order valence-electron chi connectivity index (χ0n) is 18.7. The zero-order valence-corrected chi connectivity index (χ0v) is 21.2. The molecule has 36 heavy (non-hydrogen) atoms. The number of amides is 1. The number of hydroxylamine groups is 1. The van der Waals surface area contributed by atoms with Crippen LogP contribution in [-0.2, 0) is 24.9 Å².